The molecular formula is C16H19ClO2. The molecule has 0 aliphatic heterocycles. The summed E-state index contributed by atoms with van der Waals surface area (Å²) in [6.07, 6.45) is 6.23. The van der Waals surface area contributed by atoms with Crippen LogP contribution in [0, 0.1) is 5.92 Å². The first-order valence-electron chi connectivity index (χ1n) is 6.83. The summed E-state index contributed by atoms with van der Waals surface area (Å²) in [5.41, 5.74) is 2.28. The van der Waals surface area contributed by atoms with Gasteiger partial charge in [0.2, 0.25) is 0 Å². The molecule has 3 heteroatoms. The van der Waals surface area contributed by atoms with Gasteiger partial charge in [0.15, 0.2) is 0 Å². The summed E-state index contributed by atoms with van der Waals surface area (Å²) in [5, 5.41) is 0.729. The Morgan fingerprint density at radius 3 is 2.79 bits per heavy atom. The first-order valence-corrected chi connectivity index (χ1v) is 7.21. The van der Waals surface area contributed by atoms with E-state index in [0.717, 1.165) is 36.3 Å². The van der Waals surface area contributed by atoms with Crippen LogP contribution in [0.1, 0.15) is 38.2 Å². The van der Waals surface area contributed by atoms with Gasteiger partial charge in [0.1, 0.15) is 0 Å². The largest absolute Gasteiger partial charge is 0.466 e. The predicted molar refractivity (Wildman–Crippen MR) is 78.0 cm³/mol. The van der Waals surface area contributed by atoms with Crippen LogP contribution in [0.4, 0.5) is 0 Å². The minimum absolute atomic E-state index is 0.0654. The first kappa shape index (κ1) is 14.1. The molecule has 1 aromatic rings. The quantitative estimate of drug-likeness (QED) is 0.762. The van der Waals surface area contributed by atoms with Crippen molar-refractivity contribution in [3.8, 4) is 0 Å². The zero-order valence-electron chi connectivity index (χ0n) is 11.2. The Hall–Kier alpha value is -1.28. The van der Waals surface area contributed by atoms with Crippen molar-refractivity contribution in [2.75, 3.05) is 6.61 Å². The average Bonchev–Trinajstić information content (AvgIpc) is 2.42. The number of hydrogen-bond acceptors (Lipinski definition) is 2. The molecule has 0 N–H and O–H groups in total. The Kier molecular flexibility index (Phi) is 5.03. The predicted octanol–water partition coefficient (Wildman–Crippen LogP) is 4.48. The van der Waals surface area contributed by atoms with Gasteiger partial charge >= 0.3 is 5.97 Å². The molecule has 0 bridgehead atoms. The molecule has 102 valence electrons. The number of ether oxygens (including phenoxy) is 1. The molecule has 19 heavy (non-hydrogen) atoms. The summed E-state index contributed by atoms with van der Waals surface area (Å²) in [4.78, 5) is 12.0. The molecular weight excluding hydrogens is 260 g/mol. The van der Waals surface area contributed by atoms with Gasteiger partial charge in [0, 0.05) is 5.02 Å². The van der Waals surface area contributed by atoms with Crippen molar-refractivity contribution in [2.45, 2.75) is 32.6 Å². The number of hydrogen-bond donors (Lipinski definition) is 0. The molecule has 2 rings (SSSR count). The standard InChI is InChI=1S/C16H19ClO2/c1-2-19-16(18)15-6-4-3-5-13(15)11-12-7-9-14(17)10-8-12/h7-11,15H,2-6H2,1H3/b13-11+. The van der Waals surface area contributed by atoms with Gasteiger partial charge in [-0.05, 0) is 43.9 Å². The van der Waals surface area contributed by atoms with Gasteiger partial charge in [-0.15, -0.1) is 0 Å². The summed E-state index contributed by atoms with van der Waals surface area (Å²) >= 11 is 5.88. The van der Waals surface area contributed by atoms with Crippen molar-refractivity contribution in [3.05, 3.63) is 40.4 Å². The molecule has 0 radical (unpaired) electrons. The molecule has 0 spiro atoms. The van der Waals surface area contributed by atoms with Gasteiger partial charge in [0.05, 0.1) is 12.5 Å². The molecule has 1 unspecified atom stereocenters. The third-order valence-electron chi connectivity index (χ3n) is 3.45. The second-order valence-electron chi connectivity index (χ2n) is 4.82. The number of carbonyl (C=O) groups is 1. The van der Waals surface area contributed by atoms with E-state index in [1.54, 1.807) is 0 Å². The second kappa shape index (κ2) is 6.76. The second-order valence-corrected chi connectivity index (χ2v) is 5.26. The van der Waals surface area contributed by atoms with Gasteiger partial charge in [-0.3, -0.25) is 4.79 Å². The molecule has 0 saturated heterocycles. The summed E-state index contributed by atoms with van der Waals surface area (Å²) in [6.45, 7) is 2.30. The number of esters is 1. The Morgan fingerprint density at radius 1 is 1.37 bits per heavy atom. The number of benzene rings is 1. The smallest absolute Gasteiger partial charge is 0.313 e. The molecule has 0 heterocycles. The van der Waals surface area contributed by atoms with Crippen molar-refractivity contribution in [2.24, 2.45) is 5.92 Å². The zero-order chi connectivity index (χ0) is 13.7. The van der Waals surface area contributed by atoms with Crippen LogP contribution in [0.3, 0.4) is 0 Å². The van der Waals surface area contributed by atoms with Crippen molar-refractivity contribution in [3.63, 3.8) is 0 Å². The minimum atomic E-state index is -0.0811. The minimum Gasteiger partial charge on any atom is -0.466 e. The van der Waals surface area contributed by atoms with E-state index < -0.39 is 0 Å². The Labute approximate surface area is 119 Å². The van der Waals surface area contributed by atoms with E-state index in [-0.39, 0.29) is 11.9 Å². The maximum atomic E-state index is 12.0. The molecule has 1 atom stereocenters. The molecule has 1 fully saturated rings. The molecule has 1 aliphatic rings. The SMILES string of the molecule is CCOC(=O)C1CCCC/C1=C\c1ccc(Cl)cc1. The lowest BCUT2D eigenvalue weighted by atomic mass is 9.83. The van der Waals surface area contributed by atoms with Gasteiger partial charge in [0.25, 0.3) is 0 Å². The molecule has 0 amide bonds. The number of carbonyl (C=O) groups excluding carboxylic acids is 1. The lowest BCUT2D eigenvalue weighted by Crippen LogP contribution is -2.22. The van der Waals surface area contributed by atoms with Crippen LogP contribution in [0.15, 0.2) is 29.8 Å². The summed E-state index contributed by atoms with van der Waals surface area (Å²) in [6, 6.07) is 7.70. The van der Waals surface area contributed by atoms with Crippen molar-refractivity contribution in [1.82, 2.24) is 0 Å². The highest BCUT2D eigenvalue weighted by atomic mass is 35.5. The highest BCUT2D eigenvalue weighted by Gasteiger charge is 2.26. The molecule has 1 aromatic carbocycles. The highest BCUT2D eigenvalue weighted by Crippen LogP contribution is 2.32. The van der Waals surface area contributed by atoms with Crippen LogP contribution in [-0.2, 0) is 9.53 Å². The topological polar surface area (TPSA) is 26.3 Å². The normalized spacial score (nSPS) is 21.4. The lowest BCUT2D eigenvalue weighted by molar-refractivity contribution is -0.147. The first-order chi connectivity index (χ1) is 9.20. The fourth-order valence-corrected chi connectivity index (χ4v) is 2.62. The van der Waals surface area contributed by atoms with Crippen LogP contribution in [-0.4, -0.2) is 12.6 Å². The fourth-order valence-electron chi connectivity index (χ4n) is 2.50. The number of halogens is 1. The zero-order valence-corrected chi connectivity index (χ0v) is 12.0. The Morgan fingerprint density at radius 2 is 2.11 bits per heavy atom. The highest BCUT2D eigenvalue weighted by molar-refractivity contribution is 6.30. The fraction of sp³-hybridized carbons (Fsp3) is 0.438. The van der Waals surface area contributed by atoms with Crippen LogP contribution >= 0.6 is 11.6 Å². The number of rotatable bonds is 3. The summed E-state index contributed by atoms with van der Waals surface area (Å²) in [5.74, 6) is -0.146. The molecule has 2 nitrogen and oxygen atoms in total. The summed E-state index contributed by atoms with van der Waals surface area (Å²) < 4.78 is 5.17. The van der Waals surface area contributed by atoms with Gasteiger partial charge in [-0.2, -0.15) is 0 Å². The van der Waals surface area contributed by atoms with Crippen LogP contribution in [0.2, 0.25) is 5.02 Å². The van der Waals surface area contributed by atoms with E-state index in [2.05, 4.69) is 6.08 Å². The monoisotopic (exact) mass is 278 g/mol. The maximum Gasteiger partial charge on any atom is 0.313 e. The molecule has 1 aliphatic carbocycles. The van der Waals surface area contributed by atoms with E-state index in [1.807, 2.05) is 31.2 Å². The van der Waals surface area contributed by atoms with Gasteiger partial charge in [-0.25, -0.2) is 0 Å². The van der Waals surface area contributed by atoms with Crippen LogP contribution < -0.4 is 0 Å². The average molecular weight is 279 g/mol. The van der Waals surface area contributed by atoms with Crippen LogP contribution in [0.5, 0.6) is 0 Å². The third kappa shape index (κ3) is 3.84. The van der Waals surface area contributed by atoms with Crippen molar-refractivity contribution >= 4 is 23.6 Å². The molecule has 1 saturated carbocycles. The Balaban J connectivity index is 2.18. The van der Waals surface area contributed by atoms with E-state index in [4.69, 9.17) is 16.3 Å². The van der Waals surface area contributed by atoms with Gasteiger partial charge in [-0.1, -0.05) is 41.8 Å². The van der Waals surface area contributed by atoms with Gasteiger partial charge < -0.3 is 4.74 Å². The summed E-state index contributed by atoms with van der Waals surface area (Å²) in [7, 11) is 0. The lowest BCUT2D eigenvalue weighted by Gasteiger charge is -2.23. The van der Waals surface area contributed by atoms with E-state index in [0.29, 0.717) is 6.61 Å². The van der Waals surface area contributed by atoms with Crippen LogP contribution in [0.25, 0.3) is 6.08 Å². The van der Waals surface area contributed by atoms with Crippen molar-refractivity contribution in [1.29, 1.82) is 0 Å². The van der Waals surface area contributed by atoms with E-state index in [9.17, 15) is 4.79 Å². The van der Waals surface area contributed by atoms with E-state index >= 15 is 0 Å². The van der Waals surface area contributed by atoms with Crippen molar-refractivity contribution < 1.29 is 9.53 Å². The Bertz CT molecular complexity index is 462. The third-order valence-corrected chi connectivity index (χ3v) is 3.70. The van der Waals surface area contributed by atoms with E-state index in [1.165, 1.54) is 5.57 Å². The maximum absolute atomic E-state index is 12.0. The molecule has 0 aromatic heterocycles.